The molecule has 0 spiro atoms. The lowest BCUT2D eigenvalue weighted by molar-refractivity contribution is 0.370. The number of nitrogens with two attached hydrogens (primary N) is 1. The Kier molecular flexibility index (Phi) is 2.93. The van der Waals surface area contributed by atoms with Crippen molar-refractivity contribution in [1.82, 2.24) is 20.2 Å². The Hall–Kier alpha value is -1.98. The van der Waals surface area contributed by atoms with Gasteiger partial charge in [-0.1, -0.05) is 13.3 Å². The van der Waals surface area contributed by atoms with E-state index >= 15 is 0 Å². The summed E-state index contributed by atoms with van der Waals surface area (Å²) in [4.78, 5) is 0. The molecule has 2 unspecified atom stereocenters. The average molecular weight is 261 g/mol. The molecule has 1 aromatic heterocycles. The van der Waals surface area contributed by atoms with E-state index in [1.54, 1.807) is 16.8 Å². The van der Waals surface area contributed by atoms with Crippen LogP contribution in [0.15, 0.2) is 18.2 Å². The number of rotatable bonds is 2. The highest BCUT2D eigenvalue weighted by molar-refractivity contribution is 5.59. The van der Waals surface area contributed by atoms with Crippen LogP contribution in [0.3, 0.4) is 0 Å². The van der Waals surface area contributed by atoms with Gasteiger partial charge in [0, 0.05) is 5.69 Å². The highest BCUT2D eigenvalue weighted by atomic mass is 19.1. The summed E-state index contributed by atoms with van der Waals surface area (Å²) in [6, 6.07) is 4.84. The molecule has 2 aromatic rings. The van der Waals surface area contributed by atoms with E-state index in [0.717, 1.165) is 19.3 Å². The lowest BCUT2D eigenvalue weighted by Crippen LogP contribution is -2.15. The van der Waals surface area contributed by atoms with E-state index in [-0.39, 0.29) is 11.9 Å². The van der Waals surface area contributed by atoms with E-state index in [9.17, 15) is 4.39 Å². The molecule has 100 valence electrons. The van der Waals surface area contributed by atoms with Crippen molar-refractivity contribution in [3.8, 4) is 11.4 Å². The van der Waals surface area contributed by atoms with Crippen LogP contribution in [0, 0.1) is 11.7 Å². The Morgan fingerprint density at radius 1 is 1.37 bits per heavy atom. The van der Waals surface area contributed by atoms with Gasteiger partial charge < -0.3 is 5.73 Å². The quantitative estimate of drug-likeness (QED) is 0.843. The molecular weight excluding hydrogens is 245 g/mol. The first kappa shape index (κ1) is 12.1. The molecule has 0 bridgehead atoms. The molecule has 0 radical (unpaired) electrons. The molecule has 6 heteroatoms. The summed E-state index contributed by atoms with van der Waals surface area (Å²) in [6.45, 7) is 2.18. The molecule has 1 aromatic carbocycles. The summed E-state index contributed by atoms with van der Waals surface area (Å²) in [5.41, 5.74) is 6.36. The van der Waals surface area contributed by atoms with Crippen molar-refractivity contribution in [2.45, 2.75) is 32.2 Å². The third-order valence-electron chi connectivity index (χ3n) is 3.86. The number of hydrogen-bond acceptors (Lipinski definition) is 4. The zero-order valence-corrected chi connectivity index (χ0v) is 10.8. The lowest BCUT2D eigenvalue weighted by atomic mass is 10.1. The number of nitrogen functional groups attached to an aromatic ring is 1. The highest BCUT2D eigenvalue weighted by Crippen LogP contribution is 2.37. The van der Waals surface area contributed by atoms with Gasteiger partial charge in [-0.2, -0.15) is 0 Å². The number of tetrazole rings is 1. The van der Waals surface area contributed by atoms with Crippen molar-refractivity contribution >= 4 is 5.69 Å². The van der Waals surface area contributed by atoms with E-state index in [1.165, 1.54) is 6.07 Å². The minimum absolute atomic E-state index is 0.252. The smallest absolute Gasteiger partial charge is 0.185 e. The summed E-state index contributed by atoms with van der Waals surface area (Å²) < 4.78 is 15.7. The lowest BCUT2D eigenvalue weighted by Gasteiger charge is -2.16. The third kappa shape index (κ3) is 2.07. The van der Waals surface area contributed by atoms with Crippen molar-refractivity contribution in [2.75, 3.05) is 5.73 Å². The van der Waals surface area contributed by atoms with Gasteiger partial charge in [-0.15, -0.1) is 5.10 Å². The van der Waals surface area contributed by atoms with Crippen molar-refractivity contribution in [2.24, 2.45) is 5.92 Å². The molecule has 0 aliphatic heterocycles. The topological polar surface area (TPSA) is 69.6 Å². The Bertz CT molecular complexity index is 594. The fraction of sp³-hybridized carbons (Fsp3) is 0.462. The first-order valence-corrected chi connectivity index (χ1v) is 6.50. The van der Waals surface area contributed by atoms with E-state index in [2.05, 4.69) is 22.4 Å². The van der Waals surface area contributed by atoms with Gasteiger partial charge >= 0.3 is 0 Å². The molecule has 3 rings (SSSR count). The molecule has 19 heavy (non-hydrogen) atoms. The zero-order chi connectivity index (χ0) is 13.4. The van der Waals surface area contributed by atoms with Crippen LogP contribution in [0.5, 0.6) is 0 Å². The van der Waals surface area contributed by atoms with E-state index in [1.807, 2.05) is 0 Å². The van der Waals surface area contributed by atoms with Gasteiger partial charge in [0.25, 0.3) is 0 Å². The second-order valence-corrected chi connectivity index (χ2v) is 5.16. The molecular formula is C13H16FN5. The van der Waals surface area contributed by atoms with Crippen molar-refractivity contribution in [3.63, 3.8) is 0 Å². The normalized spacial score (nSPS) is 22.8. The molecule has 2 atom stereocenters. The van der Waals surface area contributed by atoms with Gasteiger partial charge in [-0.05, 0) is 47.4 Å². The first-order valence-electron chi connectivity index (χ1n) is 6.50. The molecule has 2 N–H and O–H groups in total. The molecule has 0 saturated heterocycles. The van der Waals surface area contributed by atoms with Crippen LogP contribution in [0.1, 0.15) is 32.2 Å². The van der Waals surface area contributed by atoms with Crippen LogP contribution in [-0.4, -0.2) is 20.2 Å². The summed E-state index contributed by atoms with van der Waals surface area (Å²) >= 11 is 0. The van der Waals surface area contributed by atoms with Gasteiger partial charge in [0.2, 0.25) is 0 Å². The van der Waals surface area contributed by atoms with Crippen molar-refractivity contribution < 1.29 is 4.39 Å². The van der Waals surface area contributed by atoms with Gasteiger partial charge in [0.05, 0.1) is 11.6 Å². The largest absolute Gasteiger partial charge is 0.399 e. The molecule has 0 amide bonds. The molecule has 1 saturated carbocycles. The summed E-state index contributed by atoms with van der Waals surface area (Å²) in [7, 11) is 0. The summed E-state index contributed by atoms with van der Waals surface area (Å²) in [5, 5.41) is 11.7. The van der Waals surface area contributed by atoms with Gasteiger partial charge in [0.15, 0.2) is 5.82 Å². The van der Waals surface area contributed by atoms with Gasteiger partial charge in [-0.25, -0.2) is 9.07 Å². The number of anilines is 1. The Balaban J connectivity index is 2.04. The first-order chi connectivity index (χ1) is 9.16. The summed E-state index contributed by atoms with van der Waals surface area (Å²) in [6.07, 6.45) is 3.36. The van der Waals surface area contributed by atoms with Crippen LogP contribution >= 0.6 is 0 Å². The maximum atomic E-state index is 14.0. The Morgan fingerprint density at radius 2 is 2.21 bits per heavy atom. The Labute approximate surface area is 110 Å². The average Bonchev–Trinajstić information content (AvgIpc) is 2.97. The maximum Gasteiger partial charge on any atom is 0.185 e. The minimum atomic E-state index is -0.387. The number of aromatic nitrogens is 4. The number of nitrogens with zero attached hydrogens (tertiary/aromatic N) is 4. The van der Waals surface area contributed by atoms with Crippen LogP contribution in [0.2, 0.25) is 0 Å². The molecule has 1 aliphatic rings. The number of halogens is 1. The van der Waals surface area contributed by atoms with Crippen LogP contribution in [0.4, 0.5) is 10.1 Å². The van der Waals surface area contributed by atoms with Crippen LogP contribution in [-0.2, 0) is 0 Å². The predicted octanol–water partition coefficient (Wildman–Crippen LogP) is 2.42. The standard InChI is InChI=1S/C13H16FN5/c1-8-3-2-4-12(8)19-13(16-17-18-19)10-6-5-9(15)7-11(10)14/h5-8,12H,2-4,15H2,1H3. The van der Waals surface area contributed by atoms with Crippen LogP contribution < -0.4 is 5.73 Å². The minimum Gasteiger partial charge on any atom is -0.399 e. The van der Waals surface area contributed by atoms with Gasteiger partial charge in [-0.3, -0.25) is 0 Å². The van der Waals surface area contributed by atoms with Gasteiger partial charge in [0.1, 0.15) is 5.82 Å². The van der Waals surface area contributed by atoms with E-state index < -0.39 is 0 Å². The summed E-state index contributed by atoms with van der Waals surface area (Å²) in [5.74, 6) is 0.608. The molecule has 5 nitrogen and oxygen atoms in total. The second kappa shape index (κ2) is 4.60. The molecule has 1 aliphatic carbocycles. The fourth-order valence-corrected chi connectivity index (χ4v) is 2.80. The third-order valence-corrected chi connectivity index (χ3v) is 3.86. The Morgan fingerprint density at radius 3 is 2.89 bits per heavy atom. The highest BCUT2D eigenvalue weighted by Gasteiger charge is 2.29. The second-order valence-electron chi connectivity index (χ2n) is 5.16. The van der Waals surface area contributed by atoms with E-state index in [0.29, 0.717) is 23.0 Å². The zero-order valence-electron chi connectivity index (χ0n) is 10.8. The van der Waals surface area contributed by atoms with Crippen LogP contribution in [0.25, 0.3) is 11.4 Å². The SMILES string of the molecule is CC1CCCC1n1nnnc1-c1ccc(N)cc1F. The number of hydrogen-bond donors (Lipinski definition) is 1. The fourth-order valence-electron chi connectivity index (χ4n) is 2.80. The van der Waals surface area contributed by atoms with E-state index in [4.69, 9.17) is 5.73 Å². The molecule has 1 heterocycles. The number of benzene rings is 1. The predicted molar refractivity (Wildman–Crippen MR) is 69.7 cm³/mol. The maximum absolute atomic E-state index is 14.0. The van der Waals surface area contributed by atoms with Crippen molar-refractivity contribution in [3.05, 3.63) is 24.0 Å². The van der Waals surface area contributed by atoms with Crippen molar-refractivity contribution in [1.29, 1.82) is 0 Å². The monoisotopic (exact) mass is 261 g/mol. The molecule has 1 fully saturated rings.